The van der Waals surface area contributed by atoms with Gasteiger partial charge in [0.15, 0.2) is 5.82 Å². The Morgan fingerprint density at radius 1 is 1.11 bits per heavy atom. The zero-order valence-electron chi connectivity index (χ0n) is 11.8. The van der Waals surface area contributed by atoms with Gasteiger partial charge in [-0.15, -0.1) is 0 Å². The maximum absolute atomic E-state index is 5.63. The minimum absolute atomic E-state index is 0.644. The van der Waals surface area contributed by atoms with Crippen LogP contribution in [0.3, 0.4) is 0 Å². The number of nitrogens with two attached hydrogens (primary N) is 1. The molecule has 0 unspecified atom stereocenters. The fourth-order valence-corrected chi connectivity index (χ4v) is 5.32. The molecule has 104 valence electrons. The first-order chi connectivity index (χ1) is 9.24. The molecule has 4 aliphatic rings. The SMILES string of the molecule is Cn1nc(CCN)nc1C1C2CC3CC(C2)CC1C3. The van der Waals surface area contributed by atoms with Gasteiger partial charge in [0.2, 0.25) is 0 Å². The van der Waals surface area contributed by atoms with Crippen LogP contribution in [0.25, 0.3) is 0 Å². The summed E-state index contributed by atoms with van der Waals surface area (Å²) in [4.78, 5) is 4.82. The normalized spacial score (nSPS) is 40.0. The van der Waals surface area contributed by atoms with Gasteiger partial charge in [-0.05, 0) is 62.3 Å². The van der Waals surface area contributed by atoms with Crippen LogP contribution in [-0.2, 0) is 13.5 Å². The molecule has 0 saturated heterocycles. The van der Waals surface area contributed by atoms with Crippen molar-refractivity contribution in [2.75, 3.05) is 6.54 Å². The van der Waals surface area contributed by atoms with Gasteiger partial charge >= 0.3 is 0 Å². The third kappa shape index (κ3) is 1.83. The molecule has 0 spiro atoms. The van der Waals surface area contributed by atoms with Gasteiger partial charge in [0.05, 0.1) is 0 Å². The number of rotatable bonds is 3. The van der Waals surface area contributed by atoms with E-state index in [1.54, 1.807) is 0 Å². The van der Waals surface area contributed by atoms with Crippen molar-refractivity contribution in [1.82, 2.24) is 14.8 Å². The fourth-order valence-electron chi connectivity index (χ4n) is 5.32. The summed E-state index contributed by atoms with van der Waals surface area (Å²) in [6.07, 6.45) is 8.08. The van der Waals surface area contributed by atoms with Crippen molar-refractivity contribution < 1.29 is 0 Å². The third-order valence-electron chi connectivity index (χ3n) is 5.73. The number of hydrogen-bond donors (Lipinski definition) is 1. The van der Waals surface area contributed by atoms with Crippen molar-refractivity contribution in [3.8, 4) is 0 Å². The molecule has 4 saturated carbocycles. The third-order valence-corrected chi connectivity index (χ3v) is 5.73. The van der Waals surface area contributed by atoms with Gasteiger partial charge in [0, 0.05) is 19.4 Å². The van der Waals surface area contributed by atoms with Crippen molar-refractivity contribution in [3.05, 3.63) is 11.6 Å². The number of nitrogens with zero attached hydrogens (tertiary/aromatic N) is 3. The molecule has 1 aromatic rings. The van der Waals surface area contributed by atoms with Crippen LogP contribution < -0.4 is 5.73 Å². The van der Waals surface area contributed by atoms with Gasteiger partial charge in [0.1, 0.15) is 5.82 Å². The Hall–Kier alpha value is -0.900. The van der Waals surface area contributed by atoms with Crippen molar-refractivity contribution in [2.24, 2.45) is 36.5 Å². The molecule has 4 nitrogen and oxygen atoms in total. The monoisotopic (exact) mass is 260 g/mol. The summed E-state index contributed by atoms with van der Waals surface area (Å²) in [7, 11) is 2.06. The summed E-state index contributed by atoms with van der Waals surface area (Å²) < 4.78 is 2.04. The Kier molecular flexibility index (Phi) is 2.69. The highest BCUT2D eigenvalue weighted by molar-refractivity contribution is 5.12. The highest BCUT2D eigenvalue weighted by Gasteiger charge is 2.50. The first kappa shape index (κ1) is 11.9. The molecule has 19 heavy (non-hydrogen) atoms. The first-order valence-electron chi connectivity index (χ1n) is 7.84. The minimum Gasteiger partial charge on any atom is -0.330 e. The summed E-state index contributed by atoms with van der Waals surface area (Å²) in [5.74, 6) is 6.67. The van der Waals surface area contributed by atoms with Crippen LogP contribution in [0.5, 0.6) is 0 Å². The molecule has 4 heteroatoms. The molecule has 4 fully saturated rings. The number of aromatic nitrogens is 3. The van der Waals surface area contributed by atoms with E-state index in [9.17, 15) is 0 Å². The van der Waals surface area contributed by atoms with Gasteiger partial charge < -0.3 is 5.73 Å². The van der Waals surface area contributed by atoms with Crippen LogP contribution in [0, 0.1) is 23.7 Å². The largest absolute Gasteiger partial charge is 0.330 e. The second-order valence-electron chi connectivity index (χ2n) is 7.01. The topological polar surface area (TPSA) is 56.7 Å². The van der Waals surface area contributed by atoms with Crippen molar-refractivity contribution in [1.29, 1.82) is 0 Å². The molecular weight excluding hydrogens is 236 g/mol. The molecule has 0 amide bonds. The predicted octanol–water partition coefficient (Wildman–Crippen LogP) is 1.86. The lowest BCUT2D eigenvalue weighted by molar-refractivity contribution is -0.00678. The maximum Gasteiger partial charge on any atom is 0.152 e. The van der Waals surface area contributed by atoms with Gasteiger partial charge in [-0.25, -0.2) is 4.98 Å². The van der Waals surface area contributed by atoms with Crippen LogP contribution >= 0.6 is 0 Å². The van der Waals surface area contributed by atoms with E-state index in [4.69, 9.17) is 10.7 Å². The Morgan fingerprint density at radius 2 is 1.74 bits per heavy atom. The summed E-state index contributed by atoms with van der Waals surface area (Å²) >= 11 is 0. The molecule has 2 N–H and O–H groups in total. The standard InChI is InChI=1S/C15H24N4/c1-19-15(17-13(18-19)2-3-16)14-11-5-9-4-10(7-11)8-12(14)6-9/h9-12,14H,2-8,16H2,1H3. The Morgan fingerprint density at radius 3 is 2.32 bits per heavy atom. The molecule has 0 aromatic carbocycles. The predicted molar refractivity (Wildman–Crippen MR) is 73.5 cm³/mol. The minimum atomic E-state index is 0.644. The molecule has 1 aromatic heterocycles. The van der Waals surface area contributed by atoms with E-state index in [0.717, 1.165) is 35.9 Å². The second kappa shape index (κ2) is 4.30. The van der Waals surface area contributed by atoms with Crippen LogP contribution in [-0.4, -0.2) is 21.3 Å². The molecule has 1 heterocycles. The van der Waals surface area contributed by atoms with Gasteiger partial charge in [-0.2, -0.15) is 5.10 Å². The molecule has 0 atom stereocenters. The number of aryl methyl sites for hydroxylation is 1. The van der Waals surface area contributed by atoms with E-state index in [1.807, 2.05) is 4.68 Å². The average molecular weight is 260 g/mol. The fraction of sp³-hybridized carbons (Fsp3) is 0.867. The van der Waals surface area contributed by atoms with E-state index in [0.29, 0.717) is 12.5 Å². The Labute approximate surface area is 114 Å². The molecule has 5 rings (SSSR count). The van der Waals surface area contributed by atoms with Crippen LogP contribution in [0.1, 0.15) is 49.7 Å². The number of hydrogen-bond acceptors (Lipinski definition) is 3. The lowest BCUT2D eigenvalue weighted by atomic mass is 9.51. The summed E-state index contributed by atoms with van der Waals surface area (Å²) in [5, 5.41) is 4.56. The lowest BCUT2D eigenvalue weighted by Gasteiger charge is -2.53. The summed E-state index contributed by atoms with van der Waals surface area (Å²) in [6.45, 7) is 0.644. The lowest BCUT2D eigenvalue weighted by Crippen LogP contribution is -2.44. The van der Waals surface area contributed by atoms with Crippen molar-refractivity contribution in [3.63, 3.8) is 0 Å². The summed E-state index contributed by atoms with van der Waals surface area (Å²) in [5.41, 5.74) is 5.63. The van der Waals surface area contributed by atoms with Crippen molar-refractivity contribution in [2.45, 2.75) is 44.4 Å². The molecule has 0 radical (unpaired) electrons. The van der Waals surface area contributed by atoms with Gasteiger partial charge in [0.25, 0.3) is 0 Å². The van der Waals surface area contributed by atoms with E-state index < -0.39 is 0 Å². The maximum atomic E-state index is 5.63. The quantitative estimate of drug-likeness (QED) is 0.902. The molecule has 4 bridgehead atoms. The zero-order chi connectivity index (χ0) is 13.0. The Bertz CT molecular complexity index is 450. The van der Waals surface area contributed by atoms with E-state index in [2.05, 4.69) is 12.1 Å². The second-order valence-corrected chi connectivity index (χ2v) is 7.01. The van der Waals surface area contributed by atoms with Crippen LogP contribution in [0.15, 0.2) is 0 Å². The molecule has 4 aliphatic carbocycles. The summed E-state index contributed by atoms with van der Waals surface area (Å²) in [6, 6.07) is 0. The first-order valence-corrected chi connectivity index (χ1v) is 7.84. The average Bonchev–Trinajstić information content (AvgIpc) is 2.69. The molecular formula is C15H24N4. The Balaban J connectivity index is 1.65. The van der Waals surface area contributed by atoms with E-state index in [1.165, 1.54) is 37.9 Å². The van der Waals surface area contributed by atoms with Gasteiger partial charge in [-0.1, -0.05) is 0 Å². The molecule has 0 aliphatic heterocycles. The highest BCUT2D eigenvalue weighted by atomic mass is 15.3. The highest BCUT2D eigenvalue weighted by Crippen LogP contribution is 2.59. The van der Waals surface area contributed by atoms with Crippen LogP contribution in [0.2, 0.25) is 0 Å². The van der Waals surface area contributed by atoms with E-state index in [-0.39, 0.29) is 0 Å². The van der Waals surface area contributed by atoms with E-state index >= 15 is 0 Å². The van der Waals surface area contributed by atoms with Crippen LogP contribution in [0.4, 0.5) is 0 Å². The van der Waals surface area contributed by atoms with Crippen molar-refractivity contribution >= 4 is 0 Å². The zero-order valence-corrected chi connectivity index (χ0v) is 11.8. The smallest absolute Gasteiger partial charge is 0.152 e. The van der Waals surface area contributed by atoms with Gasteiger partial charge in [-0.3, -0.25) is 4.68 Å².